The summed E-state index contributed by atoms with van der Waals surface area (Å²) < 4.78 is 10.8. The molecule has 0 bridgehead atoms. The number of ether oxygens (including phenoxy) is 2. The summed E-state index contributed by atoms with van der Waals surface area (Å²) in [5, 5.41) is 9.45. The topological polar surface area (TPSA) is 68.3 Å². The van der Waals surface area contributed by atoms with Gasteiger partial charge in [-0.2, -0.15) is 0 Å². The van der Waals surface area contributed by atoms with Crippen LogP contribution in [-0.4, -0.2) is 12.9 Å². The van der Waals surface area contributed by atoms with Crippen LogP contribution < -0.4 is 15.2 Å². The minimum Gasteiger partial charge on any atom is -0.497 e. The van der Waals surface area contributed by atoms with Gasteiger partial charge in [-0.1, -0.05) is 6.07 Å². The highest BCUT2D eigenvalue weighted by molar-refractivity contribution is 7.09. The molecule has 3 N–H and O–H groups in total. The standard InChI is InChI=1S/C13H14N2O2S/c1-16-10-5-9(13(14)15)6-11(7-10)17-8-12-3-2-4-18-12/h2-7H,8H2,1H3,(H3,14,15). The highest BCUT2D eigenvalue weighted by Gasteiger charge is 2.05. The summed E-state index contributed by atoms with van der Waals surface area (Å²) in [4.78, 5) is 1.14. The van der Waals surface area contributed by atoms with Crippen molar-refractivity contribution in [1.29, 1.82) is 5.41 Å². The molecule has 0 unspecified atom stereocenters. The molecule has 0 atom stereocenters. The maximum atomic E-state index is 7.44. The lowest BCUT2D eigenvalue weighted by Gasteiger charge is -2.09. The fraction of sp³-hybridized carbons (Fsp3) is 0.154. The molecule has 1 aromatic heterocycles. The lowest BCUT2D eigenvalue weighted by atomic mass is 10.2. The second kappa shape index (κ2) is 5.55. The summed E-state index contributed by atoms with van der Waals surface area (Å²) in [5.41, 5.74) is 6.06. The van der Waals surface area contributed by atoms with E-state index in [0.717, 1.165) is 4.88 Å². The molecule has 5 heteroatoms. The Morgan fingerprint density at radius 1 is 1.33 bits per heavy atom. The number of hydrogen-bond acceptors (Lipinski definition) is 4. The van der Waals surface area contributed by atoms with Crippen molar-refractivity contribution in [2.24, 2.45) is 5.73 Å². The van der Waals surface area contributed by atoms with E-state index in [1.54, 1.807) is 36.6 Å². The summed E-state index contributed by atoms with van der Waals surface area (Å²) in [5.74, 6) is 1.27. The molecule has 0 aliphatic rings. The third kappa shape index (κ3) is 3.01. The lowest BCUT2D eigenvalue weighted by molar-refractivity contribution is 0.307. The number of methoxy groups -OCH3 is 1. The normalized spacial score (nSPS) is 10.1. The molecule has 2 aromatic rings. The first kappa shape index (κ1) is 12.4. The van der Waals surface area contributed by atoms with Crippen molar-refractivity contribution in [3.05, 3.63) is 46.2 Å². The Bertz CT molecular complexity index is 538. The number of benzene rings is 1. The Morgan fingerprint density at radius 3 is 2.72 bits per heavy atom. The van der Waals surface area contributed by atoms with Crippen LogP contribution in [0, 0.1) is 5.41 Å². The van der Waals surface area contributed by atoms with Crippen molar-refractivity contribution < 1.29 is 9.47 Å². The molecule has 0 saturated heterocycles. The first-order valence-corrected chi connectivity index (χ1v) is 6.25. The Kier molecular flexibility index (Phi) is 3.84. The highest BCUT2D eigenvalue weighted by Crippen LogP contribution is 2.24. The largest absolute Gasteiger partial charge is 0.497 e. The number of hydrogen-bond donors (Lipinski definition) is 2. The molecular weight excluding hydrogens is 248 g/mol. The van der Waals surface area contributed by atoms with Crippen LogP contribution in [0.3, 0.4) is 0 Å². The second-order valence-electron chi connectivity index (χ2n) is 3.68. The Morgan fingerprint density at radius 2 is 2.11 bits per heavy atom. The summed E-state index contributed by atoms with van der Waals surface area (Å²) in [6.45, 7) is 0.502. The smallest absolute Gasteiger partial charge is 0.124 e. The summed E-state index contributed by atoms with van der Waals surface area (Å²) in [6, 6.07) is 9.21. The van der Waals surface area contributed by atoms with Gasteiger partial charge in [0.05, 0.1) is 7.11 Å². The quantitative estimate of drug-likeness (QED) is 0.643. The molecule has 0 spiro atoms. The van der Waals surface area contributed by atoms with Gasteiger partial charge in [-0.25, -0.2) is 0 Å². The fourth-order valence-electron chi connectivity index (χ4n) is 1.48. The number of nitrogens with one attached hydrogen (secondary N) is 1. The molecule has 0 fully saturated rings. The van der Waals surface area contributed by atoms with E-state index < -0.39 is 0 Å². The number of thiophene rings is 1. The van der Waals surface area contributed by atoms with Gasteiger partial charge in [0.1, 0.15) is 23.9 Å². The lowest BCUT2D eigenvalue weighted by Crippen LogP contribution is -2.11. The van der Waals surface area contributed by atoms with E-state index in [0.29, 0.717) is 23.7 Å². The number of amidine groups is 1. The third-order valence-corrected chi connectivity index (χ3v) is 3.24. The molecule has 0 saturated carbocycles. The van der Waals surface area contributed by atoms with Crippen LogP contribution in [0.2, 0.25) is 0 Å². The average molecular weight is 262 g/mol. The van der Waals surface area contributed by atoms with Crippen LogP contribution >= 0.6 is 11.3 Å². The molecule has 1 aromatic carbocycles. The van der Waals surface area contributed by atoms with E-state index in [1.807, 2.05) is 17.5 Å². The van der Waals surface area contributed by atoms with Crippen LogP contribution in [0.4, 0.5) is 0 Å². The van der Waals surface area contributed by atoms with Gasteiger partial charge in [0.25, 0.3) is 0 Å². The van der Waals surface area contributed by atoms with Crippen molar-refractivity contribution in [1.82, 2.24) is 0 Å². The summed E-state index contributed by atoms with van der Waals surface area (Å²) >= 11 is 1.64. The molecule has 18 heavy (non-hydrogen) atoms. The van der Waals surface area contributed by atoms with Crippen LogP contribution in [-0.2, 0) is 6.61 Å². The van der Waals surface area contributed by atoms with Crippen LogP contribution in [0.25, 0.3) is 0 Å². The predicted octanol–water partition coefficient (Wildman–Crippen LogP) is 2.62. The van der Waals surface area contributed by atoms with Gasteiger partial charge in [-0.05, 0) is 23.6 Å². The van der Waals surface area contributed by atoms with Gasteiger partial charge in [0.15, 0.2) is 0 Å². The molecule has 0 amide bonds. The number of rotatable bonds is 5. The third-order valence-electron chi connectivity index (χ3n) is 2.39. The van der Waals surface area contributed by atoms with Gasteiger partial charge < -0.3 is 15.2 Å². The Hall–Kier alpha value is -2.01. The van der Waals surface area contributed by atoms with Crippen molar-refractivity contribution in [3.8, 4) is 11.5 Å². The fourth-order valence-corrected chi connectivity index (χ4v) is 2.09. The van der Waals surface area contributed by atoms with E-state index in [1.165, 1.54) is 0 Å². The Balaban J connectivity index is 2.16. The average Bonchev–Trinajstić information content (AvgIpc) is 2.89. The molecule has 0 aliphatic carbocycles. The maximum absolute atomic E-state index is 7.44. The first-order valence-electron chi connectivity index (χ1n) is 5.37. The minimum atomic E-state index is -0.00475. The van der Waals surface area contributed by atoms with Gasteiger partial charge in [0, 0.05) is 16.5 Å². The molecule has 2 rings (SSSR count). The zero-order valence-corrected chi connectivity index (χ0v) is 10.8. The molecule has 0 aliphatic heterocycles. The van der Waals surface area contributed by atoms with Crippen molar-refractivity contribution in [2.45, 2.75) is 6.61 Å². The van der Waals surface area contributed by atoms with Crippen LogP contribution in [0.5, 0.6) is 11.5 Å². The molecule has 0 radical (unpaired) electrons. The van der Waals surface area contributed by atoms with Crippen molar-refractivity contribution in [2.75, 3.05) is 7.11 Å². The van der Waals surface area contributed by atoms with Crippen LogP contribution in [0.15, 0.2) is 35.7 Å². The zero-order chi connectivity index (χ0) is 13.0. The van der Waals surface area contributed by atoms with Gasteiger partial charge in [0.2, 0.25) is 0 Å². The number of nitrogens with two attached hydrogens (primary N) is 1. The van der Waals surface area contributed by atoms with E-state index in [9.17, 15) is 0 Å². The zero-order valence-electron chi connectivity index (χ0n) is 9.97. The summed E-state index contributed by atoms with van der Waals surface area (Å²) in [6.07, 6.45) is 0. The van der Waals surface area contributed by atoms with Gasteiger partial charge in [-0.15, -0.1) is 11.3 Å². The highest BCUT2D eigenvalue weighted by atomic mass is 32.1. The van der Waals surface area contributed by atoms with E-state index in [-0.39, 0.29) is 5.84 Å². The van der Waals surface area contributed by atoms with Gasteiger partial charge >= 0.3 is 0 Å². The van der Waals surface area contributed by atoms with E-state index >= 15 is 0 Å². The second-order valence-corrected chi connectivity index (χ2v) is 4.71. The molecule has 1 heterocycles. The first-order chi connectivity index (χ1) is 8.69. The van der Waals surface area contributed by atoms with E-state index in [4.69, 9.17) is 20.6 Å². The minimum absolute atomic E-state index is 0.00475. The molecule has 94 valence electrons. The maximum Gasteiger partial charge on any atom is 0.124 e. The molecular formula is C13H14N2O2S. The van der Waals surface area contributed by atoms with E-state index in [2.05, 4.69) is 0 Å². The van der Waals surface area contributed by atoms with Gasteiger partial charge in [-0.3, -0.25) is 5.41 Å². The SMILES string of the molecule is COc1cc(OCc2cccs2)cc(C(=N)N)c1. The number of nitrogen functional groups attached to an aromatic ring is 1. The predicted molar refractivity (Wildman–Crippen MR) is 72.7 cm³/mol. The van der Waals surface area contributed by atoms with Crippen LogP contribution in [0.1, 0.15) is 10.4 Å². The monoisotopic (exact) mass is 262 g/mol. The molecule has 4 nitrogen and oxygen atoms in total. The van der Waals surface area contributed by atoms with Crippen molar-refractivity contribution in [3.63, 3.8) is 0 Å². The van der Waals surface area contributed by atoms with Crippen molar-refractivity contribution >= 4 is 17.2 Å². The Labute approximate surface area is 109 Å². The summed E-state index contributed by atoms with van der Waals surface area (Å²) in [7, 11) is 1.57.